The highest BCUT2D eigenvalue weighted by molar-refractivity contribution is 6.05. The van der Waals surface area contributed by atoms with Gasteiger partial charge in [0, 0.05) is 18.3 Å². The summed E-state index contributed by atoms with van der Waals surface area (Å²) in [6.07, 6.45) is 3.36. The Hall–Kier alpha value is -4.96. The summed E-state index contributed by atoms with van der Waals surface area (Å²) in [6.45, 7) is 34.8. The van der Waals surface area contributed by atoms with E-state index in [2.05, 4.69) is 44.6 Å². The quantitative estimate of drug-likeness (QED) is 0.0616. The van der Waals surface area contributed by atoms with Gasteiger partial charge in [0.25, 0.3) is 0 Å². The molecular weight excluding hydrogens is 791 g/mol. The molecule has 0 unspecified atom stereocenters. The van der Waals surface area contributed by atoms with Crippen molar-refractivity contribution in [3.05, 3.63) is 106 Å². The van der Waals surface area contributed by atoms with Crippen molar-refractivity contribution in [1.82, 2.24) is 9.97 Å². The van der Waals surface area contributed by atoms with Crippen molar-refractivity contribution in [2.45, 2.75) is 177 Å². The first-order valence-corrected chi connectivity index (χ1v) is 22.1. The summed E-state index contributed by atoms with van der Waals surface area (Å²) in [7, 11) is 0. The third-order valence-corrected chi connectivity index (χ3v) is 11.7. The fraction of sp³-hybridized carbons (Fsp3) is 0.547. The standard InChI is InChI=1S/C53H75N3O7/c1-47(2,3)30-52(16,17)34-18-20-36(21-19-34)62-45(60)53(46(61)63-44(59)41(54)26-35-29-55-31-56-35,27-32-22-37(48(4,5)6)42(57)38(23-32)49(7,8)9)28-33-24-39(50(10,11)12)43(58)40(25-33)51(13,14)15/h18-25,29,31,41,57-58H,26-28,30,54H2,1-17H3,(H,55,56)/t41-/m0/s1. The molecule has 10 heteroatoms. The number of hydrogen-bond donors (Lipinski definition) is 4. The number of aromatic amines is 1. The lowest BCUT2D eigenvalue weighted by Gasteiger charge is -2.34. The Labute approximate surface area is 376 Å². The molecule has 0 aliphatic carbocycles. The lowest BCUT2D eigenvalue weighted by molar-refractivity contribution is -0.174. The Morgan fingerprint density at radius 2 is 1.06 bits per heavy atom. The molecule has 0 aliphatic rings. The number of hydrogen-bond acceptors (Lipinski definition) is 9. The van der Waals surface area contributed by atoms with E-state index in [-0.39, 0.29) is 47.3 Å². The first kappa shape index (κ1) is 50.7. The summed E-state index contributed by atoms with van der Waals surface area (Å²) in [5, 5.41) is 23.5. The summed E-state index contributed by atoms with van der Waals surface area (Å²) < 4.78 is 12.0. The highest BCUT2D eigenvalue weighted by atomic mass is 16.6. The largest absolute Gasteiger partial charge is 0.507 e. The summed E-state index contributed by atoms with van der Waals surface area (Å²) in [4.78, 5) is 51.5. The summed E-state index contributed by atoms with van der Waals surface area (Å²) in [5.41, 5.74) is 7.10. The monoisotopic (exact) mass is 866 g/mol. The van der Waals surface area contributed by atoms with Crippen LogP contribution in [0.3, 0.4) is 0 Å². The maximum atomic E-state index is 15.4. The van der Waals surface area contributed by atoms with Gasteiger partial charge in [-0.2, -0.15) is 0 Å². The van der Waals surface area contributed by atoms with Crippen LogP contribution in [0.25, 0.3) is 0 Å². The molecule has 1 atom stereocenters. The number of nitrogens with zero attached hydrogens (tertiary/aromatic N) is 1. The predicted molar refractivity (Wildman–Crippen MR) is 251 cm³/mol. The molecule has 0 radical (unpaired) electrons. The van der Waals surface area contributed by atoms with Crippen LogP contribution in [0, 0.1) is 10.8 Å². The zero-order valence-corrected chi connectivity index (χ0v) is 41.1. The number of benzene rings is 3. The van der Waals surface area contributed by atoms with Crippen LogP contribution in [0.5, 0.6) is 17.2 Å². The third-order valence-electron chi connectivity index (χ3n) is 11.7. The highest BCUT2D eigenvalue weighted by Gasteiger charge is 2.51. The summed E-state index contributed by atoms with van der Waals surface area (Å²) >= 11 is 0. The van der Waals surface area contributed by atoms with Crippen LogP contribution in [-0.2, 0) is 65.5 Å². The van der Waals surface area contributed by atoms with Gasteiger partial charge in [-0.1, -0.05) is 154 Å². The minimum absolute atomic E-state index is 0.00512. The molecule has 0 bridgehead atoms. The minimum atomic E-state index is -2.20. The van der Waals surface area contributed by atoms with Gasteiger partial charge in [0.1, 0.15) is 23.3 Å². The molecule has 1 aromatic heterocycles. The first-order valence-electron chi connectivity index (χ1n) is 22.1. The topological polar surface area (TPSA) is 165 Å². The van der Waals surface area contributed by atoms with Crippen LogP contribution in [0.4, 0.5) is 0 Å². The van der Waals surface area contributed by atoms with Gasteiger partial charge in [0.2, 0.25) is 0 Å². The summed E-state index contributed by atoms with van der Waals surface area (Å²) in [5.74, 6) is -2.62. The van der Waals surface area contributed by atoms with Crippen molar-refractivity contribution < 1.29 is 34.1 Å². The lowest BCUT2D eigenvalue weighted by atomic mass is 9.71. The first-order chi connectivity index (χ1) is 28.5. The number of nitrogens with one attached hydrogen (secondary N) is 1. The molecule has 1 heterocycles. The number of carbonyl (C=O) groups is 3. The summed E-state index contributed by atoms with van der Waals surface area (Å²) in [6, 6.07) is 13.3. The molecule has 0 saturated carbocycles. The van der Waals surface area contributed by atoms with E-state index in [0.29, 0.717) is 39.1 Å². The van der Waals surface area contributed by atoms with Gasteiger partial charge >= 0.3 is 17.9 Å². The smallest absolute Gasteiger partial charge is 0.331 e. The van der Waals surface area contributed by atoms with E-state index in [9.17, 15) is 15.0 Å². The van der Waals surface area contributed by atoms with E-state index in [4.69, 9.17) is 15.2 Å². The second-order valence-electron chi connectivity index (χ2n) is 23.6. The Kier molecular flexibility index (Phi) is 14.4. The number of aromatic hydroxyl groups is 2. The number of phenolic OH excluding ortho intramolecular Hbond substituents is 2. The molecular formula is C53H75N3O7. The average molecular weight is 866 g/mol. The molecule has 0 spiro atoms. The molecule has 0 saturated heterocycles. The van der Waals surface area contributed by atoms with Crippen molar-refractivity contribution in [1.29, 1.82) is 0 Å². The SMILES string of the molecule is CC(C)(C)CC(C)(C)c1ccc(OC(=O)C(Cc2cc(C(C)(C)C)c(O)c(C(C)(C)C)c2)(Cc2cc(C(C)(C)C)c(O)c(C(C)(C)C)c2)C(=O)OC(=O)[C@@H](N)Cc2cnc[nH]2)cc1. The molecule has 4 rings (SSSR count). The number of carbonyl (C=O) groups excluding carboxylic acids is 3. The van der Waals surface area contributed by atoms with Crippen molar-refractivity contribution in [3.8, 4) is 17.2 Å². The molecule has 5 N–H and O–H groups in total. The lowest BCUT2D eigenvalue weighted by Crippen LogP contribution is -2.49. The van der Waals surface area contributed by atoms with Crippen molar-refractivity contribution >= 4 is 17.9 Å². The van der Waals surface area contributed by atoms with Crippen LogP contribution in [0.1, 0.15) is 169 Å². The zero-order chi connectivity index (χ0) is 47.9. The fourth-order valence-corrected chi connectivity index (χ4v) is 8.60. The van der Waals surface area contributed by atoms with Gasteiger partial charge in [0.15, 0.2) is 5.41 Å². The second kappa shape index (κ2) is 17.9. The zero-order valence-electron chi connectivity index (χ0n) is 41.1. The van der Waals surface area contributed by atoms with Crippen LogP contribution in [0.15, 0.2) is 61.1 Å². The van der Waals surface area contributed by atoms with E-state index in [1.54, 1.807) is 12.1 Å². The van der Waals surface area contributed by atoms with E-state index in [0.717, 1.165) is 12.0 Å². The number of phenols is 2. The molecule has 4 aromatic rings. The normalized spacial score (nSPS) is 13.7. The fourth-order valence-electron chi connectivity index (χ4n) is 8.60. The van der Waals surface area contributed by atoms with E-state index in [1.807, 2.05) is 119 Å². The predicted octanol–water partition coefficient (Wildman–Crippen LogP) is 10.7. The van der Waals surface area contributed by atoms with Gasteiger partial charge in [-0.25, -0.2) is 9.78 Å². The number of H-pyrrole nitrogens is 1. The second-order valence-corrected chi connectivity index (χ2v) is 23.6. The van der Waals surface area contributed by atoms with Gasteiger partial charge < -0.3 is 30.4 Å². The Morgan fingerprint density at radius 1 is 0.651 bits per heavy atom. The molecule has 0 aliphatic heterocycles. The van der Waals surface area contributed by atoms with E-state index in [1.165, 1.54) is 12.5 Å². The Bertz CT molecular complexity index is 2120. The molecule has 10 nitrogen and oxygen atoms in total. The average Bonchev–Trinajstić information content (AvgIpc) is 3.62. The van der Waals surface area contributed by atoms with Crippen LogP contribution in [0.2, 0.25) is 0 Å². The molecule has 344 valence electrons. The maximum Gasteiger partial charge on any atom is 0.331 e. The maximum absolute atomic E-state index is 15.4. The van der Waals surface area contributed by atoms with Crippen molar-refractivity contribution in [2.75, 3.05) is 0 Å². The van der Waals surface area contributed by atoms with Crippen molar-refractivity contribution in [2.24, 2.45) is 16.6 Å². The van der Waals surface area contributed by atoms with Crippen molar-refractivity contribution in [3.63, 3.8) is 0 Å². The Morgan fingerprint density at radius 3 is 1.41 bits per heavy atom. The van der Waals surface area contributed by atoms with Gasteiger partial charge in [-0.3, -0.25) is 9.59 Å². The molecule has 0 amide bonds. The van der Waals surface area contributed by atoms with Crippen LogP contribution >= 0.6 is 0 Å². The van der Waals surface area contributed by atoms with E-state index < -0.39 is 51.0 Å². The van der Waals surface area contributed by atoms with E-state index >= 15 is 9.59 Å². The number of rotatable bonds is 12. The van der Waals surface area contributed by atoms with Crippen LogP contribution < -0.4 is 10.5 Å². The molecule has 63 heavy (non-hydrogen) atoms. The Balaban J connectivity index is 2.04. The number of aromatic nitrogens is 2. The number of esters is 3. The van der Waals surface area contributed by atoms with Gasteiger partial charge in [-0.05, 0) is 103 Å². The number of nitrogens with two attached hydrogens (primary N) is 1. The highest BCUT2D eigenvalue weighted by Crippen LogP contribution is 2.45. The van der Waals surface area contributed by atoms with Gasteiger partial charge in [0.05, 0.1) is 6.33 Å². The third kappa shape index (κ3) is 12.4. The van der Waals surface area contributed by atoms with Gasteiger partial charge in [-0.15, -0.1) is 0 Å². The number of ether oxygens (including phenoxy) is 2. The number of imidazole rings is 1. The molecule has 3 aromatic carbocycles. The van der Waals surface area contributed by atoms with Crippen LogP contribution in [-0.4, -0.2) is 44.1 Å². The molecule has 0 fully saturated rings. The minimum Gasteiger partial charge on any atom is -0.507 e.